The van der Waals surface area contributed by atoms with Crippen molar-refractivity contribution in [1.82, 2.24) is 9.62 Å². The number of unbranched alkanes of at least 4 members (excludes halogenated alkanes) is 1. The fraction of sp³-hybridized carbons (Fsp3) is 0.333. The molecule has 0 bridgehead atoms. The first-order chi connectivity index (χ1) is 15.0. The van der Waals surface area contributed by atoms with Crippen LogP contribution in [-0.4, -0.2) is 52.6 Å². The van der Waals surface area contributed by atoms with Gasteiger partial charge in [0.25, 0.3) is 0 Å². The fourth-order valence-electron chi connectivity index (χ4n) is 3.99. The van der Waals surface area contributed by atoms with Crippen LogP contribution in [0.15, 0.2) is 71.6 Å². The summed E-state index contributed by atoms with van der Waals surface area (Å²) in [6, 6.07) is 21.0. The molecule has 1 aliphatic heterocycles. The van der Waals surface area contributed by atoms with Crippen molar-refractivity contribution in [2.75, 3.05) is 44.2 Å². The third kappa shape index (κ3) is 5.77. The second-order valence-corrected chi connectivity index (χ2v) is 10.1. The lowest BCUT2D eigenvalue weighted by Crippen LogP contribution is -2.46. The highest BCUT2D eigenvalue weighted by Gasteiger charge is 2.17. The van der Waals surface area contributed by atoms with Gasteiger partial charge in [-0.15, -0.1) is 0 Å². The third-order valence-electron chi connectivity index (χ3n) is 5.77. The predicted molar refractivity (Wildman–Crippen MR) is 128 cm³/mol. The Bertz CT molecular complexity index is 1130. The maximum absolute atomic E-state index is 12.6. The van der Waals surface area contributed by atoms with Crippen molar-refractivity contribution in [1.29, 1.82) is 0 Å². The van der Waals surface area contributed by atoms with Crippen LogP contribution in [0.2, 0.25) is 5.02 Å². The van der Waals surface area contributed by atoms with E-state index in [4.69, 9.17) is 11.6 Å². The van der Waals surface area contributed by atoms with Crippen molar-refractivity contribution >= 4 is 38.1 Å². The Balaban J connectivity index is 1.19. The van der Waals surface area contributed by atoms with Gasteiger partial charge in [-0.3, -0.25) is 4.90 Å². The number of nitrogens with zero attached hydrogens (tertiary/aromatic N) is 2. The topological polar surface area (TPSA) is 52.7 Å². The van der Waals surface area contributed by atoms with Gasteiger partial charge in [0.15, 0.2) is 0 Å². The molecule has 31 heavy (non-hydrogen) atoms. The van der Waals surface area contributed by atoms with Crippen LogP contribution in [0.4, 0.5) is 5.69 Å². The summed E-state index contributed by atoms with van der Waals surface area (Å²) >= 11 is 6.10. The third-order valence-corrected chi connectivity index (χ3v) is 7.46. The molecule has 1 N–H and O–H groups in total. The van der Waals surface area contributed by atoms with E-state index in [9.17, 15) is 8.42 Å². The number of hydrogen-bond acceptors (Lipinski definition) is 4. The number of sulfonamides is 1. The van der Waals surface area contributed by atoms with E-state index in [2.05, 4.69) is 20.6 Å². The van der Waals surface area contributed by atoms with Gasteiger partial charge in [-0.2, -0.15) is 0 Å². The molecule has 1 aliphatic rings. The quantitative estimate of drug-likeness (QED) is 0.510. The molecule has 1 heterocycles. The highest BCUT2D eigenvalue weighted by Crippen LogP contribution is 2.21. The number of piperazine rings is 1. The summed E-state index contributed by atoms with van der Waals surface area (Å²) < 4.78 is 27.9. The lowest BCUT2D eigenvalue weighted by molar-refractivity contribution is 0.253. The van der Waals surface area contributed by atoms with Crippen molar-refractivity contribution in [3.05, 3.63) is 71.8 Å². The van der Waals surface area contributed by atoms with E-state index in [-0.39, 0.29) is 0 Å². The predicted octanol–water partition coefficient (Wildman–Crippen LogP) is 4.37. The van der Waals surface area contributed by atoms with Gasteiger partial charge < -0.3 is 4.90 Å². The molecule has 0 radical (unpaired) electrons. The standard InChI is InChI=1S/C24H28ClN3O2S/c25-22-8-5-9-23(19-22)28-16-14-27(15-17-28)13-4-3-12-26-31(29,30)24-11-10-20-6-1-2-7-21(20)18-24/h1-2,5-11,18-19,26H,3-4,12-17H2. The molecule has 0 amide bonds. The minimum Gasteiger partial charge on any atom is -0.369 e. The van der Waals surface area contributed by atoms with E-state index < -0.39 is 10.0 Å². The maximum atomic E-state index is 12.6. The first-order valence-corrected chi connectivity index (χ1v) is 12.6. The van der Waals surface area contributed by atoms with Gasteiger partial charge in [0.05, 0.1) is 4.90 Å². The molecule has 1 saturated heterocycles. The minimum atomic E-state index is -3.48. The minimum absolute atomic E-state index is 0.323. The number of fused-ring (bicyclic) bond motifs is 1. The zero-order chi connectivity index (χ0) is 21.7. The van der Waals surface area contributed by atoms with Crippen LogP contribution >= 0.6 is 11.6 Å². The molecule has 3 aromatic carbocycles. The van der Waals surface area contributed by atoms with Gasteiger partial charge in [-0.05, 0) is 60.5 Å². The second kappa shape index (κ2) is 10.0. The summed E-state index contributed by atoms with van der Waals surface area (Å²) in [5.41, 5.74) is 1.18. The number of hydrogen-bond donors (Lipinski definition) is 1. The maximum Gasteiger partial charge on any atom is 0.240 e. The molecule has 164 valence electrons. The van der Waals surface area contributed by atoms with E-state index in [0.29, 0.717) is 11.4 Å². The lowest BCUT2D eigenvalue weighted by Gasteiger charge is -2.36. The van der Waals surface area contributed by atoms with E-state index in [1.165, 1.54) is 5.69 Å². The number of anilines is 1. The summed E-state index contributed by atoms with van der Waals surface area (Å²) in [5, 5.41) is 2.74. The van der Waals surface area contributed by atoms with Crippen molar-refractivity contribution in [3.8, 4) is 0 Å². The van der Waals surface area contributed by atoms with E-state index >= 15 is 0 Å². The molecule has 0 aliphatic carbocycles. The SMILES string of the molecule is O=S(=O)(NCCCCN1CCN(c2cccc(Cl)c2)CC1)c1ccc2ccccc2c1. The van der Waals surface area contributed by atoms with Crippen LogP contribution in [0.5, 0.6) is 0 Å². The Hall–Kier alpha value is -2.12. The van der Waals surface area contributed by atoms with Gasteiger partial charge in [-0.1, -0.05) is 48.0 Å². The summed E-state index contributed by atoms with van der Waals surface area (Å²) in [6.07, 6.45) is 1.79. The number of rotatable bonds is 8. The Kier molecular flexibility index (Phi) is 7.13. The summed E-state index contributed by atoms with van der Waals surface area (Å²) in [5.74, 6) is 0. The Morgan fingerprint density at radius 1 is 0.839 bits per heavy atom. The van der Waals surface area contributed by atoms with Crippen molar-refractivity contribution in [2.45, 2.75) is 17.7 Å². The van der Waals surface area contributed by atoms with Crippen LogP contribution in [0, 0.1) is 0 Å². The van der Waals surface area contributed by atoms with Crippen molar-refractivity contribution < 1.29 is 8.42 Å². The number of halogens is 1. The zero-order valence-electron chi connectivity index (χ0n) is 17.5. The molecule has 0 unspecified atom stereocenters. The van der Waals surface area contributed by atoms with Gasteiger partial charge >= 0.3 is 0 Å². The Morgan fingerprint density at radius 2 is 1.61 bits per heavy atom. The lowest BCUT2D eigenvalue weighted by atomic mass is 10.1. The van der Waals surface area contributed by atoms with Crippen LogP contribution in [-0.2, 0) is 10.0 Å². The zero-order valence-corrected chi connectivity index (χ0v) is 19.1. The monoisotopic (exact) mass is 457 g/mol. The van der Waals surface area contributed by atoms with Crippen molar-refractivity contribution in [3.63, 3.8) is 0 Å². The second-order valence-electron chi connectivity index (χ2n) is 7.92. The number of nitrogens with one attached hydrogen (secondary N) is 1. The van der Waals surface area contributed by atoms with Gasteiger partial charge in [0, 0.05) is 43.4 Å². The van der Waals surface area contributed by atoms with Gasteiger partial charge in [0.2, 0.25) is 10.0 Å². The molecule has 3 aromatic rings. The van der Waals surface area contributed by atoms with E-state index in [0.717, 1.165) is 61.4 Å². The van der Waals surface area contributed by atoms with Crippen LogP contribution in [0.25, 0.3) is 10.8 Å². The Morgan fingerprint density at radius 3 is 2.39 bits per heavy atom. The molecule has 1 fully saturated rings. The molecule has 0 aromatic heterocycles. The van der Waals surface area contributed by atoms with Crippen LogP contribution < -0.4 is 9.62 Å². The van der Waals surface area contributed by atoms with E-state index in [1.54, 1.807) is 12.1 Å². The molecular weight excluding hydrogens is 430 g/mol. The highest BCUT2D eigenvalue weighted by atomic mass is 35.5. The first kappa shape index (κ1) is 22.1. The fourth-order valence-corrected chi connectivity index (χ4v) is 5.28. The average molecular weight is 458 g/mol. The molecule has 4 rings (SSSR count). The highest BCUT2D eigenvalue weighted by molar-refractivity contribution is 7.89. The van der Waals surface area contributed by atoms with Crippen molar-refractivity contribution in [2.24, 2.45) is 0 Å². The molecule has 0 spiro atoms. The molecule has 7 heteroatoms. The largest absolute Gasteiger partial charge is 0.369 e. The summed E-state index contributed by atoms with van der Waals surface area (Å²) in [6.45, 7) is 5.42. The van der Waals surface area contributed by atoms with Gasteiger partial charge in [-0.25, -0.2) is 13.1 Å². The average Bonchev–Trinajstić information content (AvgIpc) is 2.79. The molecular formula is C24H28ClN3O2S. The van der Waals surface area contributed by atoms with Crippen LogP contribution in [0.3, 0.4) is 0 Å². The molecule has 0 saturated carbocycles. The van der Waals surface area contributed by atoms with Gasteiger partial charge in [0.1, 0.15) is 0 Å². The van der Waals surface area contributed by atoms with E-state index in [1.807, 2.05) is 48.5 Å². The molecule has 5 nitrogen and oxygen atoms in total. The first-order valence-electron chi connectivity index (χ1n) is 10.7. The number of benzene rings is 3. The summed E-state index contributed by atoms with van der Waals surface area (Å²) in [7, 11) is -3.48. The summed E-state index contributed by atoms with van der Waals surface area (Å²) in [4.78, 5) is 5.13. The van der Waals surface area contributed by atoms with Crippen LogP contribution in [0.1, 0.15) is 12.8 Å². The normalized spacial score (nSPS) is 15.5. The smallest absolute Gasteiger partial charge is 0.240 e. The Labute approximate surface area is 189 Å². The molecule has 0 atom stereocenters.